The Morgan fingerprint density at radius 3 is 2.25 bits per heavy atom. The van der Waals surface area contributed by atoms with E-state index in [1.807, 2.05) is 0 Å². The van der Waals surface area contributed by atoms with E-state index in [0.29, 0.717) is 27.7 Å². The first kappa shape index (κ1) is 21.1. The van der Waals surface area contributed by atoms with Crippen LogP contribution in [0.1, 0.15) is 5.56 Å². The number of amides is 2. The average molecular weight is 450 g/mol. The summed E-state index contributed by atoms with van der Waals surface area (Å²) < 4.78 is 5.15. The summed E-state index contributed by atoms with van der Waals surface area (Å²) in [4.78, 5) is 38.2. The number of nitrogens with one attached hydrogen (secondary N) is 1. The minimum absolute atomic E-state index is 0.0361. The average Bonchev–Trinajstić information content (AvgIpc) is 3.03. The molecule has 1 aliphatic heterocycles. The number of non-ortho nitro benzene ring substituents is 1. The van der Waals surface area contributed by atoms with Crippen LogP contribution >= 0.6 is 11.6 Å². The SMILES string of the molecule is COc1ccc(NC2=C(c3ccc([N+](=O)[O-])cc3)C(=O)N(c3ccccc3)C2=O)cc1Cl. The van der Waals surface area contributed by atoms with Gasteiger partial charge < -0.3 is 10.1 Å². The number of ether oxygens (including phenoxy) is 1. The molecule has 0 aliphatic carbocycles. The summed E-state index contributed by atoms with van der Waals surface area (Å²) >= 11 is 6.20. The zero-order chi connectivity index (χ0) is 22.8. The van der Waals surface area contributed by atoms with Crippen molar-refractivity contribution in [1.82, 2.24) is 0 Å². The van der Waals surface area contributed by atoms with Crippen molar-refractivity contribution >= 4 is 46.1 Å². The lowest BCUT2D eigenvalue weighted by Gasteiger charge is -2.15. The molecular formula is C23H16ClN3O5. The first-order chi connectivity index (χ1) is 15.4. The Bertz CT molecular complexity index is 1260. The normalized spacial score (nSPS) is 13.5. The van der Waals surface area contributed by atoms with Crippen LogP contribution in [0.15, 0.2) is 78.5 Å². The van der Waals surface area contributed by atoms with Crippen LogP contribution in [-0.4, -0.2) is 23.8 Å². The number of nitrogens with zero attached hydrogens (tertiary/aromatic N) is 2. The summed E-state index contributed by atoms with van der Waals surface area (Å²) in [5, 5.41) is 14.3. The maximum absolute atomic E-state index is 13.3. The van der Waals surface area contributed by atoms with Crippen molar-refractivity contribution in [2.24, 2.45) is 0 Å². The van der Waals surface area contributed by atoms with Gasteiger partial charge in [-0.15, -0.1) is 0 Å². The van der Waals surface area contributed by atoms with Crippen LogP contribution < -0.4 is 15.0 Å². The third-order valence-corrected chi connectivity index (χ3v) is 5.18. The topological polar surface area (TPSA) is 102 Å². The van der Waals surface area contributed by atoms with Crippen LogP contribution in [0.3, 0.4) is 0 Å². The summed E-state index contributed by atoms with van der Waals surface area (Å²) in [7, 11) is 1.49. The van der Waals surface area contributed by atoms with E-state index in [-0.39, 0.29) is 17.0 Å². The molecule has 0 bridgehead atoms. The molecule has 0 aromatic heterocycles. The second-order valence-corrected chi connectivity index (χ2v) is 7.22. The molecule has 0 fully saturated rings. The van der Waals surface area contributed by atoms with E-state index < -0.39 is 16.7 Å². The Hall–Kier alpha value is -4.17. The Balaban J connectivity index is 1.81. The van der Waals surface area contributed by atoms with E-state index in [4.69, 9.17) is 16.3 Å². The molecule has 9 heteroatoms. The highest BCUT2D eigenvalue weighted by molar-refractivity contribution is 6.46. The molecule has 3 aromatic rings. The van der Waals surface area contributed by atoms with Gasteiger partial charge in [-0.2, -0.15) is 0 Å². The van der Waals surface area contributed by atoms with Gasteiger partial charge in [0, 0.05) is 17.8 Å². The lowest BCUT2D eigenvalue weighted by atomic mass is 10.0. The van der Waals surface area contributed by atoms with Crippen LogP contribution in [0.5, 0.6) is 5.75 Å². The highest BCUT2D eigenvalue weighted by Crippen LogP contribution is 2.35. The second kappa shape index (κ2) is 8.52. The number of anilines is 2. The van der Waals surface area contributed by atoms with Gasteiger partial charge in [0.15, 0.2) is 0 Å². The van der Waals surface area contributed by atoms with E-state index in [2.05, 4.69) is 5.32 Å². The van der Waals surface area contributed by atoms with Gasteiger partial charge in [-0.25, -0.2) is 4.90 Å². The summed E-state index contributed by atoms with van der Waals surface area (Å²) in [6.45, 7) is 0. The summed E-state index contributed by atoms with van der Waals surface area (Å²) in [6, 6.07) is 18.8. The first-order valence-corrected chi connectivity index (χ1v) is 9.82. The van der Waals surface area contributed by atoms with Gasteiger partial charge in [-0.3, -0.25) is 19.7 Å². The molecule has 1 aliphatic rings. The molecule has 32 heavy (non-hydrogen) atoms. The first-order valence-electron chi connectivity index (χ1n) is 9.44. The van der Waals surface area contributed by atoms with Crippen LogP contribution in [0, 0.1) is 10.1 Å². The number of methoxy groups -OCH3 is 1. The van der Waals surface area contributed by atoms with Gasteiger partial charge in [0.25, 0.3) is 17.5 Å². The van der Waals surface area contributed by atoms with E-state index >= 15 is 0 Å². The fourth-order valence-corrected chi connectivity index (χ4v) is 3.62. The number of hydrogen-bond acceptors (Lipinski definition) is 6. The quantitative estimate of drug-likeness (QED) is 0.334. The van der Waals surface area contributed by atoms with Gasteiger partial charge in [0.2, 0.25) is 0 Å². The molecule has 160 valence electrons. The maximum atomic E-state index is 13.3. The van der Waals surface area contributed by atoms with E-state index in [1.54, 1.807) is 48.5 Å². The number of benzene rings is 3. The van der Waals surface area contributed by atoms with Crippen molar-refractivity contribution in [2.75, 3.05) is 17.3 Å². The van der Waals surface area contributed by atoms with Crippen LogP contribution in [0.4, 0.5) is 17.1 Å². The predicted molar refractivity (Wildman–Crippen MR) is 121 cm³/mol. The zero-order valence-electron chi connectivity index (χ0n) is 16.7. The number of nitro benzene ring substituents is 1. The van der Waals surface area contributed by atoms with Gasteiger partial charge in [0.05, 0.1) is 28.3 Å². The fraction of sp³-hybridized carbons (Fsp3) is 0.0435. The Morgan fingerprint density at radius 2 is 1.66 bits per heavy atom. The smallest absolute Gasteiger partial charge is 0.282 e. The number of carbonyl (C=O) groups excluding carboxylic acids is 2. The van der Waals surface area contributed by atoms with Crippen LogP contribution in [-0.2, 0) is 9.59 Å². The third kappa shape index (κ3) is 3.79. The zero-order valence-corrected chi connectivity index (χ0v) is 17.5. The molecule has 1 heterocycles. The van der Waals surface area contributed by atoms with E-state index in [9.17, 15) is 19.7 Å². The number of halogens is 1. The molecule has 3 aromatic carbocycles. The van der Waals surface area contributed by atoms with Crippen molar-refractivity contribution in [1.29, 1.82) is 0 Å². The highest BCUT2D eigenvalue weighted by atomic mass is 35.5. The molecule has 2 amide bonds. The number of para-hydroxylation sites is 1. The Labute approximate surface area is 187 Å². The Morgan fingerprint density at radius 1 is 0.969 bits per heavy atom. The summed E-state index contributed by atoms with van der Waals surface area (Å²) in [5.74, 6) is -0.639. The Kier molecular flexibility index (Phi) is 5.61. The van der Waals surface area contributed by atoms with E-state index in [1.165, 1.54) is 31.4 Å². The molecule has 8 nitrogen and oxygen atoms in total. The number of rotatable bonds is 6. The summed E-state index contributed by atoms with van der Waals surface area (Å²) in [5.41, 5.74) is 1.26. The van der Waals surface area contributed by atoms with Gasteiger partial charge in [-0.05, 0) is 48.0 Å². The maximum Gasteiger partial charge on any atom is 0.282 e. The molecule has 4 rings (SSSR count). The molecule has 0 saturated carbocycles. The van der Waals surface area contributed by atoms with Crippen LogP contribution in [0.2, 0.25) is 5.02 Å². The molecular weight excluding hydrogens is 434 g/mol. The second-order valence-electron chi connectivity index (χ2n) is 6.81. The molecule has 0 saturated heterocycles. The van der Waals surface area contributed by atoms with Crippen molar-refractivity contribution in [3.05, 3.63) is 99.2 Å². The lowest BCUT2D eigenvalue weighted by molar-refractivity contribution is -0.384. The monoisotopic (exact) mass is 449 g/mol. The molecule has 0 spiro atoms. The highest BCUT2D eigenvalue weighted by Gasteiger charge is 2.40. The molecule has 1 N–H and O–H groups in total. The van der Waals surface area contributed by atoms with Crippen molar-refractivity contribution in [3.63, 3.8) is 0 Å². The molecule has 0 unspecified atom stereocenters. The van der Waals surface area contributed by atoms with Crippen molar-refractivity contribution < 1.29 is 19.2 Å². The fourth-order valence-electron chi connectivity index (χ4n) is 3.36. The van der Waals surface area contributed by atoms with Gasteiger partial charge >= 0.3 is 0 Å². The summed E-state index contributed by atoms with van der Waals surface area (Å²) in [6.07, 6.45) is 0. The van der Waals surface area contributed by atoms with E-state index in [0.717, 1.165) is 4.90 Å². The number of carbonyl (C=O) groups is 2. The van der Waals surface area contributed by atoms with Gasteiger partial charge in [-0.1, -0.05) is 29.8 Å². The molecule has 0 atom stereocenters. The minimum atomic E-state index is -0.554. The van der Waals surface area contributed by atoms with Gasteiger partial charge in [0.1, 0.15) is 11.4 Å². The predicted octanol–water partition coefficient (Wildman–Crippen LogP) is 4.65. The minimum Gasteiger partial charge on any atom is -0.495 e. The van der Waals surface area contributed by atoms with Crippen LogP contribution in [0.25, 0.3) is 5.57 Å². The number of hydrogen-bond donors (Lipinski definition) is 1. The van der Waals surface area contributed by atoms with Crippen molar-refractivity contribution in [3.8, 4) is 5.75 Å². The third-order valence-electron chi connectivity index (χ3n) is 4.89. The standard InChI is InChI=1S/C23H16ClN3O5/c1-32-19-12-9-15(13-18(19)24)25-21-20(14-7-10-17(11-8-14)27(30)31)22(28)26(23(21)29)16-5-3-2-4-6-16/h2-13,25H,1H3. The largest absolute Gasteiger partial charge is 0.495 e. The lowest BCUT2D eigenvalue weighted by Crippen LogP contribution is -2.32. The van der Waals surface area contributed by atoms with Crippen molar-refractivity contribution in [2.45, 2.75) is 0 Å². The number of nitro groups is 1. The molecule has 0 radical (unpaired) electrons. The number of imide groups is 1.